The van der Waals surface area contributed by atoms with Crippen LogP contribution < -0.4 is 9.62 Å². The van der Waals surface area contributed by atoms with Crippen molar-refractivity contribution in [1.29, 1.82) is 0 Å². The lowest BCUT2D eigenvalue weighted by Crippen LogP contribution is -2.54. The SMILES string of the molecule is CC[C@@H](C)NC(=O)[C@@H](Cc1ccccc1)N(Cc1c(Cl)cccc1Cl)C(=O)CN(c1ccc(F)cc1)S(=O)(=O)c1ccc(C)cc1. The summed E-state index contributed by atoms with van der Waals surface area (Å²) in [5.41, 5.74) is 2.12. The van der Waals surface area contributed by atoms with E-state index in [-0.39, 0.29) is 39.6 Å². The Morgan fingerprint density at radius 3 is 2.07 bits per heavy atom. The predicted octanol–water partition coefficient (Wildman–Crippen LogP) is 7.19. The molecular formula is C35H36Cl2FN3O4S. The number of anilines is 1. The maximum atomic E-state index is 14.5. The van der Waals surface area contributed by atoms with E-state index in [0.717, 1.165) is 27.6 Å². The van der Waals surface area contributed by atoms with Gasteiger partial charge in [0.05, 0.1) is 10.6 Å². The number of nitrogens with zero attached hydrogens (tertiary/aromatic N) is 2. The first-order valence-electron chi connectivity index (χ1n) is 14.8. The zero-order valence-electron chi connectivity index (χ0n) is 25.8. The van der Waals surface area contributed by atoms with Gasteiger partial charge in [0.2, 0.25) is 11.8 Å². The molecule has 0 unspecified atom stereocenters. The molecule has 0 bridgehead atoms. The van der Waals surface area contributed by atoms with Gasteiger partial charge in [-0.2, -0.15) is 0 Å². The van der Waals surface area contributed by atoms with Crippen LogP contribution >= 0.6 is 23.2 Å². The quantitative estimate of drug-likeness (QED) is 0.162. The van der Waals surface area contributed by atoms with E-state index in [1.54, 1.807) is 30.3 Å². The zero-order chi connectivity index (χ0) is 33.4. The lowest BCUT2D eigenvalue weighted by molar-refractivity contribution is -0.140. The van der Waals surface area contributed by atoms with Crippen molar-refractivity contribution in [3.05, 3.63) is 130 Å². The van der Waals surface area contributed by atoms with Gasteiger partial charge in [-0.1, -0.05) is 84.2 Å². The van der Waals surface area contributed by atoms with Crippen LogP contribution in [0.4, 0.5) is 10.1 Å². The van der Waals surface area contributed by atoms with Crippen molar-refractivity contribution in [3.8, 4) is 0 Å². The van der Waals surface area contributed by atoms with E-state index in [1.165, 1.54) is 29.2 Å². The fourth-order valence-electron chi connectivity index (χ4n) is 4.82. The van der Waals surface area contributed by atoms with Gasteiger partial charge in [0.25, 0.3) is 10.0 Å². The summed E-state index contributed by atoms with van der Waals surface area (Å²) in [5, 5.41) is 3.55. The number of nitrogens with one attached hydrogen (secondary N) is 1. The Morgan fingerprint density at radius 1 is 0.870 bits per heavy atom. The van der Waals surface area contributed by atoms with Crippen LogP contribution in [0.3, 0.4) is 0 Å². The molecule has 0 aliphatic heterocycles. The molecule has 0 radical (unpaired) electrons. The van der Waals surface area contributed by atoms with E-state index in [2.05, 4.69) is 5.32 Å². The molecule has 0 fully saturated rings. The van der Waals surface area contributed by atoms with E-state index in [1.807, 2.05) is 51.1 Å². The highest BCUT2D eigenvalue weighted by Gasteiger charge is 2.35. The summed E-state index contributed by atoms with van der Waals surface area (Å²) >= 11 is 13.1. The molecule has 7 nitrogen and oxygen atoms in total. The fourth-order valence-corrected chi connectivity index (χ4v) is 6.75. The molecule has 1 N–H and O–H groups in total. The minimum Gasteiger partial charge on any atom is -0.352 e. The van der Waals surface area contributed by atoms with E-state index in [0.29, 0.717) is 12.0 Å². The molecule has 4 rings (SSSR count). The second kappa shape index (κ2) is 15.6. The van der Waals surface area contributed by atoms with E-state index < -0.39 is 40.2 Å². The van der Waals surface area contributed by atoms with Gasteiger partial charge in [0.15, 0.2) is 0 Å². The first-order valence-corrected chi connectivity index (χ1v) is 17.0. The molecule has 4 aromatic rings. The molecule has 46 heavy (non-hydrogen) atoms. The molecule has 0 aliphatic carbocycles. The lowest BCUT2D eigenvalue weighted by atomic mass is 10.0. The zero-order valence-corrected chi connectivity index (χ0v) is 28.1. The van der Waals surface area contributed by atoms with Crippen LogP contribution in [0.2, 0.25) is 10.0 Å². The van der Waals surface area contributed by atoms with Crippen molar-refractivity contribution in [3.63, 3.8) is 0 Å². The molecule has 11 heteroatoms. The second-order valence-corrected chi connectivity index (χ2v) is 13.7. The van der Waals surface area contributed by atoms with Gasteiger partial charge < -0.3 is 10.2 Å². The first kappa shape index (κ1) is 34.9. The van der Waals surface area contributed by atoms with Crippen molar-refractivity contribution in [2.75, 3.05) is 10.8 Å². The average Bonchev–Trinajstić information content (AvgIpc) is 3.03. The number of hydrogen-bond acceptors (Lipinski definition) is 4. The van der Waals surface area contributed by atoms with Crippen LogP contribution in [0.5, 0.6) is 0 Å². The van der Waals surface area contributed by atoms with Crippen LogP contribution in [0, 0.1) is 12.7 Å². The number of carbonyl (C=O) groups is 2. The van der Waals surface area contributed by atoms with Gasteiger partial charge in [0.1, 0.15) is 18.4 Å². The largest absolute Gasteiger partial charge is 0.352 e. The number of rotatable bonds is 13. The maximum absolute atomic E-state index is 14.5. The minimum atomic E-state index is -4.32. The summed E-state index contributed by atoms with van der Waals surface area (Å²) in [6, 6.07) is 23.9. The summed E-state index contributed by atoms with van der Waals surface area (Å²) in [6.07, 6.45) is 0.791. The monoisotopic (exact) mass is 683 g/mol. The first-order chi connectivity index (χ1) is 21.9. The molecule has 0 aromatic heterocycles. The topological polar surface area (TPSA) is 86.8 Å². The van der Waals surface area contributed by atoms with E-state index in [4.69, 9.17) is 23.2 Å². The van der Waals surface area contributed by atoms with Gasteiger partial charge in [-0.25, -0.2) is 12.8 Å². The smallest absolute Gasteiger partial charge is 0.264 e. The summed E-state index contributed by atoms with van der Waals surface area (Å²) in [6.45, 7) is 4.75. The normalized spacial score (nSPS) is 12.7. The van der Waals surface area contributed by atoms with E-state index in [9.17, 15) is 22.4 Å². The van der Waals surface area contributed by atoms with Crippen molar-refractivity contribution in [2.24, 2.45) is 0 Å². The number of hydrogen-bond donors (Lipinski definition) is 1. The van der Waals surface area contributed by atoms with Crippen molar-refractivity contribution >= 4 is 50.7 Å². The minimum absolute atomic E-state index is 0.0497. The van der Waals surface area contributed by atoms with Gasteiger partial charge in [-0.05, 0) is 74.4 Å². The number of amides is 2. The molecule has 0 saturated heterocycles. The third kappa shape index (κ3) is 8.66. The Balaban J connectivity index is 1.84. The summed E-state index contributed by atoms with van der Waals surface area (Å²) in [5.74, 6) is -1.66. The Hall–Kier alpha value is -3.92. The molecule has 0 heterocycles. The molecule has 0 saturated carbocycles. The van der Waals surface area contributed by atoms with Crippen LogP contribution in [0.1, 0.15) is 37.0 Å². The highest BCUT2D eigenvalue weighted by atomic mass is 35.5. The second-order valence-electron chi connectivity index (χ2n) is 11.0. The fraction of sp³-hybridized carbons (Fsp3) is 0.257. The van der Waals surface area contributed by atoms with Crippen molar-refractivity contribution in [1.82, 2.24) is 10.2 Å². The molecule has 242 valence electrons. The summed E-state index contributed by atoms with van der Waals surface area (Å²) in [7, 11) is -4.32. The molecule has 4 aromatic carbocycles. The molecular weight excluding hydrogens is 648 g/mol. The Kier molecular flexibility index (Phi) is 11.8. The predicted molar refractivity (Wildman–Crippen MR) is 181 cm³/mol. The average molecular weight is 685 g/mol. The third-order valence-electron chi connectivity index (χ3n) is 7.66. The maximum Gasteiger partial charge on any atom is 0.264 e. The van der Waals surface area contributed by atoms with Crippen molar-refractivity contribution in [2.45, 2.75) is 57.1 Å². The number of sulfonamides is 1. The Morgan fingerprint density at radius 2 is 1.48 bits per heavy atom. The molecule has 0 spiro atoms. The van der Waals surface area contributed by atoms with Crippen LogP contribution in [-0.2, 0) is 32.6 Å². The van der Waals surface area contributed by atoms with Gasteiger partial charge in [-0.15, -0.1) is 0 Å². The lowest BCUT2D eigenvalue weighted by Gasteiger charge is -2.34. The third-order valence-corrected chi connectivity index (χ3v) is 10.2. The molecule has 2 amide bonds. The highest BCUT2D eigenvalue weighted by Crippen LogP contribution is 2.29. The standard InChI is InChI=1S/C35H36Cl2FN3O4S/c1-4-25(3)39-35(43)33(21-26-9-6-5-7-10-26)40(22-30-31(36)11-8-12-32(30)37)34(42)23-41(28-17-15-27(38)16-18-28)46(44,45)29-19-13-24(2)14-20-29/h5-20,25,33H,4,21-23H2,1-3H3,(H,39,43)/t25-,33-/m1/s1. The number of carbonyl (C=O) groups excluding carboxylic acids is 2. The molecule has 2 atom stereocenters. The summed E-state index contributed by atoms with van der Waals surface area (Å²) in [4.78, 5) is 29.7. The van der Waals surface area contributed by atoms with Crippen LogP contribution in [0.15, 0.2) is 102 Å². The van der Waals surface area contributed by atoms with Gasteiger partial charge in [-0.3, -0.25) is 13.9 Å². The van der Waals surface area contributed by atoms with Crippen LogP contribution in [0.25, 0.3) is 0 Å². The van der Waals surface area contributed by atoms with Crippen molar-refractivity contribution < 1.29 is 22.4 Å². The Bertz CT molecular complexity index is 1740. The number of aryl methyl sites for hydroxylation is 1. The van der Waals surface area contributed by atoms with Crippen LogP contribution in [-0.4, -0.2) is 43.8 Å². The van der Waals surface area contributed by atoms with E-state index >= 15 is 0 Å². The van der Waals surface area contributed by atoms with Gasteiger partial charge in [0, 0.05) is 34.6 Å². The summed E-state index contributed by atoms with van der Waals surface area (Å²) < 4.78 is 43.0. The molecule has 0 aliphatic rings. The number of benzene rings is 4. The Labute approximate surface area is 280 Å². The number of halogens is 3. The highest BCUT2D eigenvalue weighted by molar-refractivity contribution is 7.92. The van der Waals surface area contributed by atoms with Gasteiger partial charge >= 0.3 is 0 Å².